The number of hydrogen-bond donors (Lipinski definition) is 0. The molecule has 2 heterocycles. The summed E-state index contributed by atoms with van der Waals surface area (Å²) in [4.78, 5) is 17.9. The molecule has 25 heavy (non-hydrogen) atoms. The molecule has 0 fully saturated rings. The van der Waals surface area contributed by atoms with Gasteiger partial charge in [-0.1, -0.05) is 54.1 Å². The van der Waals surface area contributed by atoms with Crippen LogP contribution in [0.2, 0.25) is 0 Å². The lowest BCUT2D eigenvalue weighted by atomic mass is 10.0. The molecule has 0 spiro atoms. The zero-order valence-corrected chi connectivity index (χ0v) is 13.7. The van der Waals surface area contributed by atoms with Crippen molar-refractivity contribution >= 4 is 16.8 Å². The fourth-order valence-electron chi connectivity index (χ4n) is 3.55. The maximum atomic E-state index is 13.0. The first-order valence-electron chi connectivity index (χ1n) is 8.30. The standard InChI is InChI=1S/C22H15N2O/c1-14-11-12-19-18(13-14)20(15-7-3-2-4-8-15)23-21-16-9-5-6-10-17(16)22(25)24(19)21/h2-13H,1H3/q+1. The number of fused-ring (bicyclic) bond motifs is 5. The van der Waals surface area contributed by atoms with Gasteiger partial charge in [-0.3, -0.25) is 0 Å². The summed E-state index contributed by atoms with van der Waals surface area (Å²) in [6.07, 6.45) is 0. The van der Waals surface area contributed by atoms with Gasteiger partial charge in [-0.25, -0.2) is 4.79 Å². The molecule has 0 aliphatic carbocycles. The van der Waals surface area contributed by atoms with Gasteiger partial charge in [0.2, 0.25) is 0 Å². The van der Waals surface area contributed by atoms with Crippen molar-refractivity contribution in [2.45, 2.75) is 6.92 Å². The van der Waals surface area contributed by atoms with E-state index < -0.39 is 0 Å². The number of rotatable bonds is 1. The predicted molar refractivity (Wildman–Crippen MR) is 97.3 cm³/mol. The van der Waals surface area contributed by atoms with E-state index in [1.54, 1.807) is 4.57 Å². The summed E-state index contributed by atoms with van der Waals surface area (Å²) in [6, 6.07) is 24.0. The van der Waals surface area contributed by atoms with Gasteiger partial charge in [-0.05, 0) is 36.2 Å². The van der Waals surface area contributed by atoms with E-state index in [0.717, 1.165) is 39.1 Å². The normalized spacial score (nSPS) is 12.3. The van der Waals surface area contributed by atoms with Gasteiger partial charge in [-0.2, -0.15) is 4.57 Å². The second-order valence-electron chi connectivity index (χ2n) is 6.36. The molecule has 4 aromatic rings. The summed E-state index contributed by atoms with van der Waals surface area (Å²) in [6.45, 7) is 2.06. The average Bonchev–Trinajstić information content (AvgIpc) is 2.94. The van der Waals surface area contributed by atoms with Crippen LogP contribution in [0, 0.1) is 6.92 Å². The minimum atomic E-state index is -0.00781. The third-order valence-electron chi connectivity index (χ3n) is 4.73. The van der Waals surface area contributed by atoms with E-state index in [4.69, 9.17) is 4.98 Å². The van der Waals surface area contributed by atoms with Crippen LogP contribution in [0.5, 0.6) is 0 Å². The van der Waals surface area contributed by atoms with Crippen molar-refractivity contribution in [2.24, 2.45) is 0 Å². The van der Waals surface area contributed by atoms with E-state index in [-0.39, 0.29) is 5.91 Å². The van der Waals surface area contributed by atoms with E-state index in [1.165, 1.54) is 0 Å². The molecule has 1 aliphatic rings. The summed E-state index contributed by atoms with van der Waals surface area (Å²) in [5, 5.41) is 0.996. The maximum absolute atomic E-state index is 13.0. The van der Waals surface area contributed by atoms with Crippen molar-refractivity contribution in [1.82, 2.24) is 4.98 Å². The molecule has 1 aliphatic heterocycles. The quantitative estimate of drug-likeness (QED) is 0.434. The van der Waals surface area contributed by atoms with E-state index in [0.29, 0.717) is 5.56 Å². The van der Waals surface area contributed by atoms with Crippen LogP contribution >= 0.6 is 0 Å². The highest BCUT2D eigenvalue weighted by atomic mass is 16.2. The number of carbonyl (C=O) groups excluding carboxylic acids is 1. The van der Waals surface area contributed by atoms with Crippen LogP contribution in [-0.4, -0.2) is 10.9 Å². The van der Waals surface area contributed by atoms with Gasteiger partial charge < -0.3 is 0 Å². The molecule has 0 unspecified atom stereocenters. The van der Waals surface area contributed by atoms with Gasteiger partial charge in [0, 0.05) is 5.56 Å². The third kappa shape index (κ3) is 1.96. The zero-order valence-electron chi connectivity index (χ0n) is 13.7. The van der Waals surface area contributed by atoms with Crippen LogP contribution < -0.4 is 4.57 Å². The molecule has 0 amide bonds. The van der Waals surface area contributed by atoms with Crippen molar-refractivity contribution in [1.29, 1.82) is 0 Å². The van der Waals surface area contributed by atoms with E-state index in [9.17, 15) is 4.79 Å². The largest absolute Gasteiger partial charge is 0.347 e. The Kier molecular flexibility index (Phi) is 2.86. The summed E-state index contributed by atoms with van der Waals surface area (Å²) < 4.78 is 1.74. The van der Waals surface area contributed by atoms with Gasteiger partial charge in [-0.15, -0.1) is 0 Å². The van der Waals surface area contributed by atoms with E-state index in [1.807, 2.05) is 54.6 Å². The van der Waals surface area contributed by atoms with Crippen molar-refractivity contribution < 1.29 is 9.36 Å². The SMILES string of the molecule is Cc1ccc2c(c1)c(-c1ccccc1)nc1[n+]2C(=O)c2ccccc2-1. The van der Waals surface area contributed by atoms with Crippen molar-refractivity contribution in [3.63, 3.8) is 0 Å². The van der Waals surface area contributed by atoms with Crippen LogP contribution in [0.4, 0.5) is 0 Å². The van der Waals surface area contributed by atoms with Gasteiger partial charge in [0.15, 0.2) is 5.69 Å². The molecule has 118 valence electrons. The van der Waals surface area contributed by atoms with Crippen molar-refractivity contribution in [3.8, 4) is 22.6 Å². The highest BCUT2D eigenvalue weighted by Gasteiger charge is 2.38. The number of nitrogens with zero attached hydrogens (tertiary/aromatic N) is 2. The Morgan fingerprint density at radius 3 is 2.36 bits per heavy atom. The molecule has 0 saturated heterocycles. The number of benzene rings is 3. The Labute approximate surface area is 145 Å². The molecule has 1 aromatic heterocycles. The Bertz CT molecular complexity index is 1160. The average molecular weight is 323 g/mol. The van der Waals surface area contributed by atoms with Crippen LogP contribution in [-0.2, 0) is 0 Å². The minimum absolute atomic E-state index is 0.00781. The van der Waals surface area contributed by atoms with E-state index >= 15 is 0 Å². The Hall–Kier alpha value is -3.33. The lowest BCUT2D eigenvalue weighted by molar-refractivity contribution is -0.529. The van der Waals surface area contributed by atoms with Crippen LogP contribution in [0.1, 0.15) is 15.9 Å². The molecule has 5 rings (SSSR count). The first kappa shape index (κ1) is 14.1. The van der Waals surface area contributed by atoms with Gasteiger partial charge >= 0.3 is 11.7 Å². The summed E-state index contributed by atoms with van der Waals surface area (Å²) >= 11 is 0. The summed E-state index contributed by atoms with van der Waals surface area (Å²) in [5.41, 5.74) is 5.62. The molecule has 3 nitrogen and oxygen atoms in total. The Morgan fingerprint density at radius 2 is 1.56 bits per heavy atom. The van der Waals surface area contributed by atoms with Crippen LogP contribution in [0.3, 0.4) is 0 Å². The first-order valence-corrected chi connectivity index (χ1v) is 8.30. The molecule has 0 N–H and O–H groups in total. The van der Waals surface area contributed by atoms with Gasteiger partial charge in [0.05, 0.1) is 16.5 Å². The molecular weight excluding hydrogens is 308 g/mol. The molecule has 0 atom stereocenters. The number of hydrogen-bond acceptors (Lipinski definition) is 2. The number of carbonyl (C=O) groups is 1. The molecule has 0 bridgehead atoms. The number of aryl methyl sites for hydroxylation is 1. The first-order chi connectivity index (χ1) is 12.2. The Morgan fingerprint density at radius 1 is 0.840 bits per heavy atom. The smallest absolute Gasteiger partial charge is 0.240 e. The molecule has 0 radical (unpaired) electrons. The topological polar surface area (TPSA) is 33.8 Å². The summed E-state index contributed by atoms with van der Waals surface area (Å²) in [5.74, 6) is 0.711. The Balaban J connectivity index is 1.95. The van der Waals surface area contributed by atoms with Crippen LogP contribution in [0.15, 0.2) is 72.8 Å². The highest BCUT2D eigenvalue weighted by molar-refractivity contribution is 6.03. The van der Waals surface area contributed by atoms with Gasteiger partial charge in [0.1, 0.15) is 5.52 Å². The second-order valence-corrected chi connectivity index (χ2v) is 6.36. The fourth-order valence-corrected chi connectivity index (χ4v) is 3.55. The minimum Gasteiger partial charge on any atom is -0.240 e. The fraction of sp³-hybridized carbons (Fsp3) is 0.0455. The monoisotopic (exact) mass is 323 g/mol. The molecule has 3 heteroatoms. The molecule has 0 saturated carbocycles. The molecule has 3 aromatic carbocycles. The number of aromatic nitrogens is 2. The third-order valence-corrected chi connectivity index (χ3v) is 4.73. The lowest BCUT2D eigenvalue weighted by Crippen LogP contribution is -2.42. The van der Waals surface area contributed by atoms with E-state index in [2.05, 4.69) is 25.1 Å². The second kappa shape index (κ2) is 5.08. The summed E-state index contributed by atoms with van der Waals surface area (Å²) in [7, 11) is 0. The van der Waals surface area contributed by atoms with Crippen molar-refractivity contribution in [3.05, 3.63) is 83.9 Å². The molecular formula is C22H15N2O+. The highest BCUT2D eigenvalue weighted by Crippen LogP contribution is 2.32. The zero-order chi connectivity index (χ0) is 17.0. The lowest BCUT2D eigenvalue weighted by Gasteiger charge is -2.05. The maximum Gasteiger partial charge on any atom is 0.347 e. The van der Waals surface area contributed by atoms with Gasteiger partial charge in [0.25, 0.3) is 0 Å². The van der Waals surface area contributed by atoms with Crippen molar-refractivity contribution in [2.75, 3.05) is 0 Å². The van der Waals surface area contributed by atoms with Crippen LogP contribution in [0.25, 0.3) is 33.5 Å². The predicted octanol–water partition coefficient (Wildman–Crippen LogP) is 4.17.